The summed E-state index contributed by atoms with van der Waals surface area (Å²) in [7, 11) is -2.03. The molecular formula is C23H21N3O3S. The van der Waals surface area contributed by atoms with Crippen molar-refractivity contribution < 1.29 is 13.2 Å². The summed E-state index contributed by atoms with van der Waals surface area (Å²) in [5, 5.41) is 3.94. The molecule has 0 aliphatic heterocycles. The van der Waals surface area contributed by atoms with Crippen molar-refractivity contribution >= 4 is 38.2 Å². The molecule has 0 saturated heterocycles. The predicted molar refractivity (Wildman–Crippen MR) is 121 cm³/mol. The van der Waals surface area contributed by atoms with E-state index in [0.29, 0.717) is 16.9 Å². The number of rotatable bonds is 5. The van der Waals surface area contributed by atoms with Crippen LogP contribution >= 0.6 is 0 Å². The number of aromatic nitrogens is 1. The molecule has 0 spiro atoms. The first-order valence-corrected chi connectivity index (χ1v) is 11.2. The van der Waals surface area contributed by atoms with E-state index >= 15 is 0 Å². The highest BCUT2D eigenvalue weighted by Gasteiger charge is 2.18. The third-order valence-electron chi connectivity index (χ3n) is 5.00. The lowest BCUT2D eigenvalue weighted by molar-refractivity contribution is 0.102. The summed E-state index contributed by atoms with van der Waals surface area (Å²) in [6.45, 7) is 0. The molecule has 0 radical (unpaired) electrons. The summed E-state index contributed by atoms with van der Waals surface area (Å²) in [5.41, 5.74) is 4.17. The number of nitrogens with one attached hydrogen (secondary N) is 2. The molecule has 0 saturated carbocycles. The molecule has 0 fully saturated rings. The molecule has 7 heteroatoms. The smallest absolute Gasteiger partial charge is 0.255 e. The fourth-order valence-electron chi connectivity index (χ4n) is 3.29. The van der Waals surface area contributed by atoms with Crippen LogP contribution in [0.1, 0.15) is 10.4 Å². The molecule has 3 aromatic carbocycles. The monoisotopic (exact) mass is 419 g/mol. The highest BCUT2D eigenvalue weighted by molar-refractivity contribution is 7.92. The van der Waals surface area contributed by atoms with Crippen molar-refractivity contribution in [3.8, 4) is 11.1 Å². The van der Waals surface area contributed by atoms with E-state index in [1.807, 2.05) is 42.6 Å². The Hall–Kier alpha value is -3.58. The minimum Gasteiger partial charge on any atom is -0.361 e. The number of carbonyl (C=O) groups excluding carboxylic acids is 1. The van der Waals surface area contributed by atoms with Crippen LogP contribution in [0.3, 0.4) is 0 Å². The number of anilines is 2. The first-order chi connectivity index (χ1) is 14.3. The maximum Gasteiger partial charge on any atom is 0.255 e. The summed E-state index contributed by atoms with van der Waals surface area (Å²) in [5.74, 6) is -0.308. The van der Waals surface area contributed by atoms with Crippen molar-refractivity contribution in [3.05, 3.63) is 84.6 Å². The Kier molecular flexibility index (Phi) is 5.05. The molecule has 0 atom stereocenters. The lowest BCUT2D eigenvalue weighted by atomic mass is 10.0. The van der Waals surface area contributed by atoms with Gasteiger partial charge in [-0.25, -0.2) is 8.42 Å². The average Bonchev–Trinajstić information content (AvgIpc) is 3.21. The van der Waals surface area contributed by atoms with Gasteiger partial charge in [-0.05, 0) is 59.0 Å². The van der Waals surface area contributed by atoms with Gasteiger partial charge in [0.05, 0.1) is 17.6 Å². The summed E-state index contributed by atoms with van der Waals surface area (Å²) in [6, 6.07) is 22.2. The number of nitrogens with zero attached hydrogens (tertiary/aromatic N) is 1. The number of amides is 1. The van der Waals surface area contributed by atoms with Crippen LogP contribution in [0, 0.1) is 0 Å². The predicted octanol–water partition coefficient (Wildman–Crippen LogP) is 4.48. The van der Waals surface area contributed by atoms with Crippen LogP contribution in [0.4, 0.5) is 11.4 Å². The fraction of sp³-hybridized carbons (Fsp3) is 0.0870. The summed E-state index contributed by atoms with van der Waals surface area (Å²) < 4.78 is 25.4. The van der Waals surface area contributed by atoms with E-state index < -0.39 is 10.0 Å². The second-order valence-electron chi connectivity index (χ2n) is 7.06. The second kappa shape index (κ2) is 7.68. The van der Waals surface area contributed by atoms with E-state index in [9.17, 15) is 13.2 Å². The van der Waals surface area contributed by atoms with Gasteiger partial charge in [0.2, 0.25) is 10.0 Å². The minimum atomic E-state index is -3.50. The van der Waals surface area contributed by atoms with Crippen molar-refractivity contribution in [3.63, 3.8) is 0 Å². The van der Waals surface area contributed by atoms with Crippen molar-refractivity contribution in [2.45, 2.75) is 0 Å². The molecule has 1 amide bonds. The largest absolute Gasteiger partial charge is 0.361 e. The first kappa shape index (κ1) is 19.7. The quantitative estimate of drug-likeness (QED) is 0.500. The number of H-pyrrole nitrogens is 1. The standard InChI is InChI=1S/C23H21N3O3S/c1-26(30(2,28)29)22-11-9-18(17-8-10-20-19(14-17)12-13-24-20)15-21(22)25-23(27)16-6-4-3-5-7-16/h3-15,24H,1-2H3,(H,25,27). The Bertz CT molecular complexity index is 1330. The van der Waals surface area contributed by atoms with Gasteiger partial charge in [0.1, 0.15) is 0 Å². The molecule has 0 unspecified atom stereocenters. The van der Waals surface area contributed by atoms with E-state index in [1.54, 1.807) is 36.4 Å². The third kappa shape index (κ3) is 3.92. The normalized spacial score (nSPS) is 11.4. The van der Waals surface area contributed by atoms with Crippen LogP contribution in [0.25, 0.3) is 22.0 Å². The van der Waals surface area contributed by atoms with E-state index in [4.69, 9.17) is 0 Å². The molecule has 30 heavy (non-hydrogen) atoms. The van der Waals surface area contributed by atoms with Gasteiger partial charge in [-0.3, -0.25) is 9.10 Å². The molecule has 0 aliphatic rings. The summed E-state index contributed by atoms with van der Waals surface area (Å²) >= 11 is 0. The van der Waals surface area contributed by atoms with Crippen molar-refractivity contribution in [1.82, 2.24) is 4.98 Å². The molecule has 0 aliphatic carbocycles. The lowest BCUT2D eigenvalue weighted by Gasteiger charge is -2.21. The molecule has 4 rings (SSSR count). The minimum absolute atomic E-state index is 0.308. The molecule has 152 valence electrons. The van der Waals surface area contributed by atoms with Gasteiger partial charge in [-0.15, -0.1) is 0 Å². The van der Waals surface area contributed by atoms with Crippen molar-refractivity contribution in [2.24, 2.45) is 0 Å². The Labute approximate surface area is 175 Å². The Morgan fingerprint density at radius 3 is 2.37 bits per heavy atom. The molecule has 1 heterocycles. The second-order valence-corrected chi connectivity index (χ2v) is 9.08. The fourth-order valence-corrected chi connectivity index (χ4v) is 3.80. The number of carbonyl (C=O) groups is 1. The van der Waals surface area contributed by atoms with Crippen molar-refractivity contribution in [2.75, 3.05) is 22.9 Å². The van der Waals surface area contributed by atoms with Gasteiger partial charge in [0.25, 0.3) is 5.91 Å². The average molecular weight is 420 g/mol. The lowest BCUT2D eigenvalue weighted by Crippen LogP contribution is -2.26. The van der Waals surface area contributed by atoms with Crippen molar-refractivity contribution in [1.29, 1.82) is 0 Å². The molecular weight excluding hydrogens is 398 g/mol. The molecule has 1 aromatic heterocycles. The number of benzene rings is 3. The van der Waals surface area contributed by atoms with Gasteiger partial charge in [-0.1, -0.05) is 30.3 Å². The van der Waals surface area contributed by atoms with Gasteiger partial charge in [-0.2, -0.15) is 0 Å². The number of hydrogen-bond acceptors (Lipinski definition) is 3. The van der Waals surface area contributed by atoms with Crippen LogP contribution in [0.15, 0.2) is 79.0 Å². The SMILES string of the molecule is CN(c1ccc(-c2ccc3[nH]ccc3c2)cc1NC(=O)c1ccccc1)S(C)(=O)=O. The van der Waals surface area contributed by atoms with Crippen LogP contribution < -0.4 is 9.62 Å². The maximum atomic E-state index is 12.7. The molecule has 0 bridgehead atoms. The summed E-state index contributed by atoms with van der Waals surface area (Å²) in [4.78, 5) is 15.9. The Morgan fingerprint density at radius 2 is 1.63 bits per heavy atom. The number of aromatic amines is 1. The van der Waals surface area contributed by atoms with E-state index in [1.165, 1.54) is 7.05 Å². The molecule has 2 N–H and O–H groups in total. The topological polar surface area (TPSA) is 82.3 Å². The van der Waals surface area contributed by atoms with Crippen LogP contribution in [-0.2, 0) is 10.0 Å². The van der Waals surface area contributed by atoms with Crippen LogP contribution in [-0.4, -0.2) is 32.6 Å². The van der Waals surface area contributed by atoms with Gasteiger partial charge in [0.15, 0.2) is 0 Å². The van der Waals surface area contributed by atoms with E-state index in [0.717, 1.165) is 32.6 Å². The molecule has 6 nitrogen and oxygen atoms in total. The maximum absolute atomic E-state index is 12.7. The number of hydrogen-bond donors (Lipinski definition) is 2. The molecule has 4 aromatic rings. The first-order valence-electron chi connectivity index (χ1n) is 9.35. The Morgan fingerprint density at radius 1 is 0.933 bits per heavy atom. The highest BCUT2D eigenvalue weighted by Crippen LogP contribution is 2.33. The van der Waals surface area contributed by atoms with E-state index in [2.05, 4.69) is 10.3 Å². The zero-order valence-electron chi connectivity index (χ0n) is 16.6. The third-order valence-corrected chi connectivity index (χ3v) is 6.20. The highest BCUT2D eigenvalue weighted by atomic mass is 32.2. The van der Waals surface area contributed by atoms with Gasteiger partial charge >= 0.3 is 0 Å². The van der Waals surface area contributed by atoms with Gasteiger partial charge < -0.3 is 10.3 Å². The van der Waals surface area contributed by atoms with Crippen LogP contribution in [0.5, 0.6) is 0 Å². The number of sulfonamides is 1. The zero-order chi connectivity index (χ0) is 21.3. The summed E-state index contributed by atoms with van der Waals surface area (Å²) in [6.07, 6.45) is 3.01. The Balaban J connectivity index is 1.78. The zero-order valence-corrected chi connectivity index (χ0v) is 17.4. The van der Waals surface area contributed by atoms with Gasteiger partial charge in [0, 0.05) is 24.3 Å². The van der Waals surface area contributed by atoms with Crippen LogP contribution in [0.2, 0.25) is 0 Å². The van der Waals surface area contributed by atoms with E-state index in [-0.39, 0.29) is 5.91 Å². The number of fused-ring (bicyclic) bond motifs is 1.